The highest BCUT2D eigenvalue weighted by Crippen LogP contribution is 2.13. The van der Waals surface area contributed by atoms with Gasteiger partial charge in [0.1, 0.15) is 12.1 Å². The molecule has 0 aliphatic carbocycles. The number of rotatable bonds is 5. The van der Waals surface area contributed by atoms with E-state index in [-0.39, 0.29) is 12.3 Å². The van der Waals surface area contributed by atoms with Crippen LogP contribution in [0.1, 0.15) is 18.4 Å². The van der Waals surface area contributed by atoms with Gasteiger partial charge in [-0.05, 0) is 24.1 Å². The highest BCUT2D eigenvalue weighted by molar-refractivity contribution is 6.30. The van der Waals surface area contributed by atoms with Crippen molar-refractivity contribution in [2.24, 2.45) is 5.73 Å². The fraction of sp³-hybridized carbons (Fsp3) is 0.357. The summed E-state index contributed by atoms with van der Waals surface area (Å²) >= 11 is 5.88. The number of carbonyl (C=O) groups excluding carboxylic acids is 3. The first-order chi connectivity index (χ1) is 9.95. The molecule has 2 atom stereocenters. The maximum atomic E-state index is 12.0. The molecule has 0 bridgehead atoms. The van der Waals surface area contributed by atoms with Crippen molar-refractivity contribution >= 4 is 29.3 Å². The molecule has 0 aromatic heterocycles. The average molecular weight is 310 g/mol. The van der Waals surface area contributed by atoms with Crippen LogP contribution in [-0.4, -0.2) is 29.8 Å². The van der Waals surface area contributed by atoms with Crippen molar-refractivity contribution < 1.29 is 14.4 Å². The number of halogens is 1. The van der Waals surface area contributed by atoms with Crippen molar-refractivity contribution in [3.63, 3.8) is 0 Å². The van der Waals surface area contributed by atoms with Crippen LogP contribution in [0.4, 0.5) is 0 Å². The van der Waals surface area contributed by atoms with Crippen LogP contribution < -0.4 is 16.4 Å². The molecule has 1 fully saturated rings. The third-order valence-electron chi connectivity index (χ3n) is 3.30. The molecule has 21 heavy (non-hydrogen) atoms. The molecule has 2 rings (SSSR count). The van der Waals surface area contributed by atoms with Crippen molar-refractivity contribution in [3.05, 3.63) is 34.9 Å². The summed E-state index contributed by atoms with van der Waals surface area (Å²) in [6, 6.07) is 5.55. The molecule has 0 saturated carbocycles. The normalized spacial score (nSPS) is 18.9. The average Bonchev–Trinajstić information content (AvgIpc) is 2.84. The maximum absolute atomic E-state index is 12.0. The summed E-state index contributed by atoms with van der Waals surface area (Å²) in [5, 5.41) is 5.67. The molecule has 112 valence electrons. The number of hydrogen-bond donors (Lipinski definition) is 3. The second kappa shape index (κ2) is 6.58. The Kier molecular flexibility index (Phi) is 4.80. The first-order valence-electron chi connectivity index (χ1n) is 6.59. The predicted octanol–water partition coefficient (Wildman–Crippen LogP) is 0.131. The Bertz CT molecular complexity index is 576. The molecule has 1 saturated heterocycles. The summed E-state index contributed by atoms with van der Waals surface area (Å²) < 4.78 is 0. The molecule has 0 radical (unpaired) electrons. The number of primary amides is 1. The molecule has 1 aromatic rings. The highest BCUT2D eigenvalue weighted by atomic mass is 35.5. The van der Waals surface area contributed by atoms with Gasteiger partial charge in [-0.3, -0.25) is 14.4 Å². The van der Waals surface area contributed by atoms with Gasteiger partial charge in [-0.25, -0.2) is 0 Å². The predicted molar refractivity (Wildman–Crippen MR) is 77.4 cm³/mol. The molecule has 1 aliphatic rings. The summed E-state index contributed by atoms with van der Waals surface area (Å²) in [4.78, 5) is 34.6. The summed E-state index contributed by atoms with van der Waals surface area (Å²) in [6.45, 7) is 0. The Balaban J connectivity index is 2.00. The molecule has 6 nitrogen and oxygen atoms in total. The van der Waals surface area contributed by atoms with Crippen molar-refractivity contribution in [2.75, 3.05) is 0 Å². The van der Waals surface area contributed by atoms with Gasteiger partial charge in [0.25, 0.3) is 0 Å². The lowest BCUT2D eigenvalue weighted by atomic mass is 10.0. The summed E-state index contributed by atoms with van der Waals surface area (Å²) in [7, 11) is 0. The Morgan fingerprint density at radius 1 is 1.48 bits per heavy atom. The van der Waals surface area contributed by atoms with Crippen molar-refractivity contribution in [2.45, 2.75) is 31.3 Å². The molecule has 0 unspecified atom stereocenters. The van der Waals surface area contributed by atoms with Gasteiger partial charge in [-0.1, -0.05) is 23.7 Å². The topological polar surface area (TPSA) is 101 Å². The lowest BCUT2D eigenvalue weighted by Crippen LogP contribution is -2.51. The minimum atomic E-state index is -0.839. The van der Waals surface area contributed by atoms with Gasteiger partial charge in [0, 0.05) is 17.9 Å². The van der Waals surface area contributed by atoms with E-state index in [1.807, 2.05) is 0 Å². The Morgan fingerprint density at radius 3 is 2.81 bits per heavy atom. The zero-order valence-corrected chi connectivity index (χ0v) is 12.0. The molecule has 7 heteroatoms. The second-order valence-corrected chi connectivity index (χ2v) is 5.39. The van der Waals surface area contributed by atoms with Crippen LogP contribution in [0, 0.1) is 0 Å². The van der Waals surface area contributed by atoms with E-state index in [0.29, 0.717) is 17.9 Å². The lowest BCUT2D eigenvalue weighted by molar-refractivity contribution is -0.129. The number of benzene rings is 1. The molecular formula is C14H16ClN3O3. The number of carbonyl (C=O) groups is 3. The van der Waals surface area contributed by atoms with Gasteiger partial charge in [-0.15, -0.1) is 0 Å². The Labute approximate surface area is 127 Å². The minimum Gasteiger partial charge on any atom is -0.368 e. The SMILES string of the molecule is NC(=O)[C@@H](Cc1cccc(Cl)c1)NC(=O)[C@H]1CCC(=O)N1. The van der Waals surface area contributed by atoms with Crippen LogP contribution in [0.3, 0.4) is 0 Å². The fourth-order valence-corrected chi connectivity index (χ4v) is 2.42. The van der Waals surface area contributed by atoms with E-state index < -0.39 is 23.9 Å². The van der Waals surface area contributed by atoms with E-state index in [2.05, 4.69) is 10.6 Å². The van der Waals surface area contributed by atoms with Crippen molar-refractivity contribution in [1.29, 1.82) is 0 Å². The van der Waals surface area contributed by atoms with Gasteiger partial charge in [-0.2, -0.15) is 0 Å². The van der Waals surface area contributed by atoms with E-state index in [0.717, 1.165) is 5.56 Å². The quantitative estimate of drug-likeness (QED) is 0.720. The van der Waals surface area contributed by atoms with Crippen molar-refractivity contribution in [1.82, 2.24) is 10.6 Å². The van der Waals surface area contributed by atoms with Crippen LogP contribution in [-0.2, 0) is 20.8 Å². The molecule has 4 N–H and O–H groups in total. The van der Waals surface area contributed by atoms with E-state index in [1.165, 1.54) is 0 Å². The fourth-order valence-electron chi connectivity index (χ4n) is 2.21. The third-order valence-corrected chi connectivity index (χ3v) is 3.54. The van der Waals surface area contributed by atoms with E-state index in [4.69, 9.17) is 17.3 Å². The van der Waals surface area contributed by atoms with Crippen LogP contribution >= 0.6 is 11.6 Å². The summed E-state index contributed by atoms with van der Waals surface area (Å²) in [5.74, 6) is -1.19. The number of hydrogen-bond acceptors (Lipinski definition) is 3. The molecule has 3 amide bonds. The Morgan fingerprint density at radius 2 is 2.24 bits per heavy atom. The van der Waals surface area contributed by atoms with Crippen LogP contribution in [0.15, 0.2) is 24.3 Å². The number of nitrogens with two attached hydrogens (primary N) is 1. The van der Waals surface area contributed by atoms with Crippen LogP contribution in [0.25, 0.3) is 0 Å². The second-order valence-electron chi connectivity index (χ2n) is 4.96. The molecule has 1 heterocycles. The zero-order chi connectivity index (χ0) is 15.4. The van der Waals surface area contributed by atoms with Gasteiger partial charge >= 0.3 is 0 Å². The molecular weight excluding hydrogens is 294 g/mol. The number of nitrogens with one attached hydrogen (secondary N) is 2. The smallest absolute Gasteiger partial charge is 0.243 e. The van der Waals surface area contributed by atoms with Crippen molar-refractivity contribution in [3.8, 4) is 0 Å². The van der Waals surface area contributed by atoms with Crippen LogP contribution in [0.2, 0.25) is 5.02 Å². The molecule has 0 spiro atoms. The van der Waals surface area contributed by atoms with Gasteiger partial charge in [0.05, 0.1) is 0 Å². The first kappa shape index (κ1) is 15.3. The largest absolute Gasteiger partial charge is 0.368 e. The maximum Gasteiger partial charge on any atom is 0.243 e. The Hall–Kier alpha value is -2.08. The lowest BCUT2D eigenvalue weighted by Gasteiger charge is -2.18. The highest BCUT2D eigenvalue weighted by Gasteiger charge is 2.29. The summed E-state index contributed by atoms with van der Waals surface area (Å²) in [6.07, 6.45) is 0.989. The van der Waals surface area contributed by atoms with E-state index in [9.17, 15) is 14.4 Å². The summed E-state index contributed by atoms with van der Waals surface area (Å²) in [5.41, 5.74) is 6.12. The molecule has 1 aliphatic heterocycles. The first-order valence-corrected chi connectivity index (χ1v) is 6.97. The third kappa shape index (κ3) is 4.19. The number of amides is 3. The molecule has 1 aromatic carbocycles. The standard InChI is InChI=1S/C14H16ClN3O3/c15-9-3-1-2-8(6-9)7-11(13(16)20)18-14(21)10-4-5-12(19)17-10/h1-3,6,10-11H,4-5,7H2,(H2,16,20)(H,17,19)(H,18,21)/t10-,11-/m1/s1. The van der Waals surface area contributed by atoms with Gasteiger partial charge in [0.2, 0.25) is 17.7 Å². The monoisotopic (exact) mass is 309 g/mol. The zero-order valence-electron chi connectivity index (χ0n) is 11.3. The van der Waals surface area contributed by atoms with Crippen LogP contribution in [0.5, 0.6) is 0 Å². The van der Waals surface area contributed by atoms with Gasteiger partial charge < -0.3 is 16.4 Å². The van der Waals surface area contributed by atoms with E-state index in [1.54, 1.807) is 24.3 Å². The van der Waals surface area contributed by atoms with E-state index >= 15 is 0 Å². The minimum absolute atomic E-state index is 0.166. The van der Waals surface area contributed by atoms with Gasteiger partial charge in [0.15, 0.2) is 0 Å².